The first-order chi connectivity index (χ1) is 6.84. The highest BCUT2D eigenvalue weighted by Gasteiger charge is 1.99. The lowest BCUT2D eigenvalue weighted by atomic mass is 10.2. The van der Waals surface area contributed by atoms with Gasteiger partial charge in [-0.05, 0) is 17.7 Å². The molecule has 5 heteroatoms. The fourth-order valence-electron chi connectivity index (χ4n) is 1.05. The van der Waals surface area contributed by atoms with Gasteiger partial charge in [-0.2, -0.15) is 5.21 Å². The molecule has 0 atom stereocenters. The van der Waals surface area contributed by atoms with Crippen molar-refractivity contribution in [2.75, 3.05) is 0 Å². The van der Waals surface area contributed by atoms with Crippen LogP contribution < -0.4 is 0 Å². The van der Waals surface area contributed by atoms with Crippen LogP contribution in [0.4, 0.5) is 0 Å². The number of aromatic nitrogens is 4. The highest BCUT2D eigenvalue weighted by atomic mass is 32.2. The Morgan fingerprint density at radius 1 is 1.29 bits per heavy atom. The third-order valence-corrected chi connectivity index (χ3v) is 2.72. The van der Waals surface area contributed by atoms with Gasteiger partial charge >= 0.3 is 0 Å². The lowest BCUT2D eigenvalue weighted by molar-refractivity contribution is 0.881. The summed E-state index contributed by atoms with van der Waals surface area (Å²) in [5, 5.41) is 14.3. The summed E-state index contributed by atoms with van der Waals surface area (Å²) < 4.78 is 0. The number of aryl methyl sites for hydroxylation is 1. The van der Waals surface area contributed by atoms with Gasteiger partial charge in [0.25, 0.3) is 0 Å². The van der Waals surface area contributed by atoms with Crippen molar-refractivity contribution in [3.8, 4) is 0 Å². The van der Waals surface area contributed by atoms with E-state index in [9.17, 15) is 0 Å². The third kappa shape index (κ3) is 2.32. The molecule has 72 valence electrons. The van der Waals surface area contributed by atoms with Crippen molar-refractivity contribution in [2.24, 2.45) is 0 Å². The zero-order chi connectivity index (χ0) is 9.80. The average Bonchev–Trinajstić information content (AvgIpc) is 2.70. The molecule has 0 saturated carbocycles. The highest BCUT2D eigenvalue weighted by molar-refractivity contribution is 7.98. The molecule has 0 fully saturated rings. The molecule has 1 aromatic heterocycles. The zero-order valence-corrected chi connectivity index (χ0v) is 8.58. The number of aromatic amines is 1. The molecule has 2 aromatic rings. The van der Waals surface area contributed by atoms with Gasteiger partial charge in [0.1, 0.15) is 0 Å². The van der Waals surface area contributed by atoms with Gasteiger partial charge in [0.2, 0.25) is 5.16 Å². The molecule has 1 heterocycles. The predicted molar refractivity (Wildman–Crippen MR) is 54.9 cm³/mol. The van der Waals surface area contributed by atoms with E-state index in [4.69, 9.17) is 0 Å². The fraction of sp³-hybridized carbons (Fsp3) is 0.222. The van der Waals surface area contributed by atoms with Crippen LogP contribution in [0.1, 0.15) is 11.1 Å². The van der Waals surface area contributed by atoms with Crippen LogP contribution in [0.3, 0.4) is 0 Å². The Morgan fingerprint density at radius 2 is 2.07 bits per heavy atom. The summed E-state index contributed by atoms with van der Waals surface area (Å²) in [6.07, 6.45) is 0. The van der Waals surface area contributed by atoms with E-state index in [1.54, 1.807) is 11.8 Å². The molecule has 14 heavy (non-hydrogen) atoms. The Labute approximate surface area is 86.1 Å². The maximum atomic E-state index is 3.86. The number of tetrazole rings is 1. The number of nitrogens with one attached hydrogen (secondary N) is 1. The summed E-state index contributed by atoms with van der Waals surface area (Å²) in [4.78, 5) is 0. The van der Waals surface area contributed by atoms with Gasteiger partial charge in [0, 0.05) is 5.75 Å². The second-order valence-corrected chi connectivity index (χ2v) is 3.91. The SMILES string of the molecule is Cc1ccc(CSc2nn[nH]n2)cc1. The van der Waals surface area contributed by atoms with Gasteiger partial charge in [-0.15, -0.1) is 10.2 Å². The fourth-order valence-corrected chi connectivity index (χ4v) is 1.74. The van der Waals surface area contributed by atoms with Crippen LogP contribution in [0.2, 0.25) is 0 Å². The quantitative estimate of drug-likeness (QED) is 0.778. The lowest BCUT2D eigenvalue weighted by Crippen LogP contribution is -1.82. The molecule has 0 bridgehead atoms. The molecule has 0 amide bonds. The number of nitrogens with zero attached hydrogens (tertiary/aromatic N) is 3. The molecule has 0 aliphatic rings. The molecule has 2 rings (SSSR count). The smallest absolute Gasteiger partial charge is 0.176 e. The highest BCUT2D eigenvalue weighted by Crippen LogP contribution is 2.17. The normalized spacial score (nSPS) is 10.4. The van der Waals surface area contributed by atoms with Crippen LogP contribution >= 0.6 is 11.8 Å². The number of H-pyrrole nitrogens is 1. The second-order valence-electron chi connectivity index (χ2n) is 2.97. The van der Waals surface area contributed by atoms with Crippen molar-refractivity contribution >= 4 is 11.8 Å². The lowest BCUT2D eigenvalue weighted by Gasteiger charge is -1.98. The van der Waals surface area contributed by atoms with Gasteiger partial charge < -0.3 is 0 Å². The second kappa shape index (κ2) is 4.23. The molecule has 0 spiro atoms. The Hall–Kier alpha value is -1.36. The summed E-state index contributed by atoms with van der Waals surface area (Å²) in [5.41, 5.74) is 2.55. The Bertz CT molecular complexity index is 382. The average molecular weight is 206 g/mol. The summed E-state index contributed by atoms with van der Waals surface area (Å²) in [5.74, 6) is 0.875. The largest absolute Gasteiger partial charge is 0.231 e. The third-order valence-electron chi connectivity index (χ3n) is 1.81. The minimum atomic E-state index is 0.686. The van der Waals surface area contributed by atoms with Crippen LogP contribution in [0.5, 0.6) is 0 Å². The Morgan fingerprint density at radius 3 is 2.71 bits per heavy atom. The van der Waals surface area contributed by atoms with Crippen LogP contribution in [0.25, 0.3) is 0 Å². The first kappa shape index (κ1) is 9.21. The van der Waals surface area contributed by atoms with Crippen molar-refractivity contribution in [1.29, 1.82) is 0 Å². The van der Waals surface area contributed by atoms with Crippen molar-refractivity contribution in [2.45, 2.75) is 17.8 Å². The molecular formula is C9H10N4S. The topological polar surface area (TPSA) is 54.5 Å². The first-order valence-electron chi connectivity index (χ1n) is 4.26. The Balaban J connectivity index is 1.95. The molecule has 1 aromatic carbocycles. The number of rotatable bonds is 3. The maximum Gasteiger partial charge on any atom is 0.231 e. The summed E-state index contributed by atoms with van der Waals surface area (Å²) in [6, 6.07) is 8.43. The monoisotopic (exact) mass is 206 g/mol. The first-order valence-corrected chi connectivity index (χ1v) is 5.25. The zero-order valence-electron chi connectivity index (χ0n) is 7.77. The molecular weight excluding hydrogens is 196 g/mol. The summed E-state index contributed by atoms with van der Waals surface area (Å²) in [6.45, 7) is 2.08. The van der Waals surface area contributed by atoms with Crippen molar-refractivity contribution in [3.63, 3.8) is 0 Å². The van der Waals surface area contributed by atoms with E-state index in [0.717, 1.165) is 5.75 Å². The van der Waals surface area contributed by atoms with Gasteiger partial charge in [0.15, 0.2) is 0 Å². The molecule has 0 unspecified atom stereocenters. The van der Waals surface area contributed by atoms with Crippen molar-refractivity contribution in [3.05, 3.63) is 35.4 Å². The van der Waals surface area contributed by atoms with E-state index in [1.165, 1.54) is 11.1 Å². The van der Waals surface area contributed by atoms with Crippen LogP contribution in [0.15, 0.2) is 29.4 Å². The van der Waals surface area contributed by atoms with Crippen LogP contribution in [-0.4, -0.2) is 20.6 Å². The molecule has 0 aliphatic heterocycles. The van der Waals surface area contributed by atoms with E-state index in [1.807, 2.05) is 0 Å². The van der Waals surface area contributed by atoms with Crippen LogP contribution in [0, 0.1) is 6.92 Å². The number of thioether (sulfide) groups is 1. The number of benzene rings is 1. The van der Waals surface area contributed by atoms with Crippen molar-refractivity contribution < 1.29 is 0 Å². The molecule has 0 radical (unpaired) electrons. The minimum Gasteiger partial charge on any atom is -0.176 e. The Kier molecular flexibility index (Phi) is 2.78. The van der Waals surface area contributed by atoms with E-state index < -0.39 is 0 Å². The maximum absolute atomic E-state index is 3.86. The summed E-state index contributed by atoms with van der Waals surface area (Å²) >= 11 is 1.57. The number of hydrogen-bond acceptors (Lipinski definition) is 4. The van der Waals surface area contributed by atoms with E-state index in [2.05, 4.69) is 51.8 Å². The summed E-state index contributed by atoms with van der Waals surface area (Å²) in [7, 11) is 0. The number of hydrogen-bond donors (Lipinski definition) is 1. The molecule has 0 aliphatic carbocycles. The minimum absolute atomic E-state index is 0.686. The molecule has 0 saturated heterocycles. The molecule has 1 N–H and O–H groups in total. The van der Waals surface area contributed by atoms with Crippen LogP contribution in [-0.2, 0) is 5.75 Å². The van der Waals surface area contributed by atoms with Gasteiger partial charge in [-0.25, -0.2) is 0 Å². The van der Waals surface area contributed by atoms with E-state index >= 15 is 0 Å². The van der Waals surface area contributed by atoms with E-state index in [0.29, 0.717) is 5.16 Å². The predicted octanol–water partition coefficient (Wildman–Crippen LogP) is 1.80. The van der Waals surface area contributed by atoms with E-state index in [-0.39, 0.29) is 0 Å². The standard InChI is InChI=1S/C9H10N4S/c1-7-2-4-8(5-3-7)6-14-9-10-12-13-11-9/h2-5H,6H2,1H3,(H,10,11,12,13). The van der Waals surface area contributed by atoms with Gasteiger partial charge in [-0.3, -0.25) is 0 Å². The molecule has 4 nitrogen and oxygen atoms in total. The van der Waals surface area contributed by atoms with Crippen molar-refractivity contribution in [1.82, 2.24) is 20.6 Å². The van der Waals surface area contributed by atoms with Gasteiger partial charge in [-0.1, -0.05) is 41.6 Å². The van der Waals surface area contributed by atoms with Gasteiger partial charge in [0.05, 0.1) is 0 Å².